The van der Waals surface area contributed by atoms with Crippen LogP contribution in [-0.4, -0.2) is 10.1 Å². The zero-order chi connectivity index (χ0) is 4.50. The number of hydrogen-bond donors (Lipinski definition) is 1. The third-order valence-corrected chi connectivity index (χ3v) is 0. The van der Waals surface area contributed by atoms with Crippen LogP contribution >= 0.6 is 0 Å². The van der Waals surface area contributed by atoms with Crippen LogP contribution in [0.4, 0.5) is 0 Å². The first-order chi connectivity index (χ1) is 2.00. The monoisotopic (exact) mass is 173 g/mol. The molecule has 0 aromatic heterocycles. The Bertz CT molecular complexity index is 23.6. The Hall–Kier alpha value is 0.609. The minimum atomic E-state index is -4.69. The molecule has 0 heterocycles. The van der Waals surface area contributed by atoms with E-state index in [0.717, 1.165) is 0 Å². The van der Waals surface area contributed by atoms with Gasteiger partial charge in [-0.1, -0.05) is 0 Å². The SMILES string of the molecule is O.[Mn].[O-][Cl+3]([O-])([O-])O. The van der Waals surface area contributed by atoms with Crippen molar-refractivity contribution in [3.05, 3.63) is 0 Å². The molecule has 0 spiro atoms. The number of rotatable bonds is 0. The topological polar surface area (TPSA) is 121 Å². The molecule has 0 amide bonds. The van der Waals surface area contributed by atoms with Crippen molar-refractivity contribution in [2.24, 2.45) is 0 Å². The molecule has 0 aliphatic carbocycles. The van der Waals surface area contributed by atoms with Gasteiger partial charge >= 0.3 is 0 Å². The van der Waals surface area contributed by atoms with Crippen LogP contribution < -0.4 is 14.0 Å². The average Bonchev–Trinajstić information content (AvgIpc) is 0.722. The molecule has 0 aliphatic rings. The third-order valence-electron chi connectivity index (χ3n) is 0. The molecule has 3 N–H and O–H groups in total. The molecule has 0 rings (SSSR count). The average molecular weight is 173 g/mol. The van der Waals surface area contributed by atoms with Crippen LogP contribution in [0.3, 0.4) is 0 Å². The summed E-state index contributed by atoms with van der Waals surface area (Å²) in [4.78, 5) is 0. The maximum absolute atomic E-state index is 8.60. The van der Waals surface area contributed by atoms with Gasteiger partial charge in [-0.2, -0.15) is 14.0 Å². The van der Waals surface area contributed by atoms with Gasteiger partial charge in [-0.25, -0.2) is 0 Å². The van der Waals surface area contributed by atoms with Gasteiger partial charge in [0, 0.05) is 17.1 Å². The Morgan fingerprint density at radius 1 is 1.14 bits per heavy atom. The van der Waals surface area contributed by atoms with Crippen molar-refractivity contribution in [3.8, 4) is 0 Å². The van der Waals surface area contributed by atoms with E-state index in [2.05, 4.69) is 0 Å². The normalized spacial score (nSPS) is 8.57. The van der Waals surface area contributed by atoms with E-state index < -0.39 is 10.2 Å². The van der Waals surface area contributed by atoms with Gasteiger partial charge in [-0.3, -0.25) is 0 Å². The zero-order valence-electron chi connectivity index (χ0n) is 2.93. The molecule has 47 valence electrons. The second-order valence-electron chi connectivity index (χ2n) is 0.396. The summed E-state index contributed by atoms with van der Waals surface area (Å²) < 4.78 is 32.7. The Kier molecular flexibility index (Phi) is 10.6. The fourth-order valence-corrected chi connectivity index (χ4v) is 0. The fourth-order valence-electron chi connectivity index (χ4n) is 0. The van der Waals surface area contributed by atoms with Crippen LogP contribution in [0.25, 0.3) is 0 Å². The van der Waals surface area contributed by atoms with Crippen molar-refractivity contribution in [2.45, 2.75) is 0 Å². The molecule has 0 aromatic rings. The van der Waals surface area contributed by atoms with Crippen LogP contribution in [0.15, 0.2) is 0 Å². The smallest absolute Gasteiger partial charge is 0.0777 e. The van der Waals surface area contributed by atoms with E-state index in [1.54, 1.807) is 0 Å². The molecule has 0 fully saturated rings. The van der Waals surface area contributed by atoms with E-state index in [1.165, 1.54) is 0 Å². The Morgan fingerprint density at radius 2 is 1.14 bits per heavy atom. The predicted molar refractivity (Wildman–Crippen MR) is 5.83 cm³/mol. The molecular weight excluding hydrogens is 170 g/mol. The minimum Gasteiger partial charge on any atom is -0.412 e. The van der Waals surface area contributed by atoms with E-state index in [0.29, 0.717) is 0 Å². The predicted octanol–water partition coefficient (Wildman–Crippen LogP) is -4.95. The maximum Gasteiger partial charge on any atom is 0.0777 e. The van der Waals surface area contributed by atoms with Crippen LogP contribution in [0.5, 0.6) is 0 Å². The summed E-state index contributed by atoms with van der Waals surface area (Å²) in [5, 5.41) is 0. The molecule has 0 saturated carbocycles. The van der Waals surface area contributed by atoms with Gasteiger partial charge in [0.15, 0.2) is 0 Å². The summed E-state index contributed by atoms with van der Waals surface area (Å²) in [5.41, 5.74) is 0. The molecule has 5 nitrogen and oxygen atoms in total. The summed E-state index contributed by atoms with van der Waals surface area (Å²) >= 11 is 0. The Labute approximate surface area is 52.1 Å². The summed E-state index contributed by atoms with van der Waals surface area (Å²) in [7, 11) is -4.69. The first kappa shape index (κ1) is 15.6. The molecule has 0 aliphatic heterocycles. The maximum atomic E-state index is 8.60. The first-order valence-corrected chi connectivity index (χ1v) is 1.90. The molecule has 0 bridgehead atoms. The van der Waals surface area contributed by atoms with Crippen LogP contribution in [0.2, 0.25) is 0 Å². The van der Waals surface area contributed by atoms with Gasteiger partial charge in [-0.05, 0) is 0 Å². The van der Waals surface area contributed by atoms with E-state index in [1.807, 2.05) is 0 Å². The summed E-state index contributed by atoms with van der Waals surface area (Å²) in [6, 6.07) is 0. The van der Waals surface area contributed by atoms with Gasteiger partial charge < -0.3 is 5.48 Å². The van der Waals surface area contributed by atoms with Crippen molar-refractivity contribution in [1.82, 2.24) is 0 Å². The molecule has 0 atom stereocenters. The fraction of sp³-hybridized carbons (Fsp3) is 0. The van der Waals surface area contributed by atoms with E-state index in [4.69, 9.17) is 18.6 Å². The zero-order valence-corrected chi connectivity index (χ0v) is 4.86. The van der Waals surface area contributed by atoms with Crippen molar-refractivity contribution in [1.29, 1.82) is 0 Å². The first-order valence-electron chi connectivity index (χ1n) is 0.632. The molecule has 0 aromatic carbocycles. The van der Waals surface area contributed by atoms with Crippen molar-refractivity contribution in [2.75, 3.05) is 0 Å². The van der Waals surface area contributed by atoms with Crippen molar-refractivity contribution in [3.63, 3.8) is 0 Å². The van der Waals surface area contributed by atoms with E-state index in [-0.39, 0.29) is 22.5 Å². The Morgan fingerprint density at radius 3 is 1.14 bits per heavy atom. The second-order valence-corrected chi connectivity index (χ2v) is 1.19. The third kappa shape index (κ3) is 378. The van der Waals surface area contributed by atoms with Gasteiger partial charge in [-0.15, -0.1) is 0 Å². The Balaban J connectivity index is -0.0000000800. The molecule has 0 saturated heterocycles. The van der Waals surface area contributed by atoms with E-state index in [9.17, 15) is 0 Å². The van der Waals surface area contributed by atoms with Crippen molar-refractivity contribution >= 4 is 0 Å². The molecular formula is H3ClMnO5. The van der Waals surface area contributed by atoms with Gasteiger partial charge in [0.2, 0.25) is 0 Å². The number of hydrogen-bond acceptors (Lipinski definition) is 4. The minimum absolute atomic E-state index is 0. The summed E-state index contributed by atoms with van der Waals surface area (Å²) in [6.07, 6.45) is 0. The summed E-state index contributed by atoms with van der Waals surface area (Å²) in [6.45, 7) is 0. The van der Waals surface area contributed by atoms with Crippen LogP contribution in [0, 0.1) is 10.2 Å². The van der Waals surface area contributed by atoms with E-state index >= 15 is 0 Å². The molecule has 7 heavy (non-hydrogen) atoms. The quantitative estimate of drug-likeness (QED) is 0.369. The van der Waals surface area contributed by atoms with Gasteiger partial charge in [0.25, 0.3) is 0 Å². The van der Waals surface area contributed by atoms with Gasteiger partial charge in [0.1, 0.15) is 0 Å². The summed E-state index contributed by atoms with van der Waals surface area (Å²) in [5.74, 6) is 0. The largest absolute Gasteiger partial charge is 0.412 e. The van der Waals surface area contributed by atoms with Gasteiger partial charge in [0.05, 0.1) is 14.9 Å². The van der Waals surface area contributed by atoms with Crippen LogP contribution in [-0.2, 0) is 17.1 Å². The molecule has 1 radical (unpaired) electrons. The van der Waals surface area contributed by atoms with Crippen LogP contribution in [0.1, 0.15) is 0 Å². The molecule has 7 heteroatoms. The standard InChI is InChI=1S/ClHO4.Mn.H2O/c2-1(3,4)5;;/h(H,2,3,4,5);;1H2. The second kappa shape index (κ2) is 4.76. The number of halogens is 1. The molecule has 0 unspecified atom stereocenters. The van der Waals surface area contributed by atoms with Crippen molar-refractivity contribution < 1.29 is 51.4 Å².